The Hall–Kier alpha value is -16.5. The van der Waals surface area contributed by atoms with Gasteiger partial charge in [0.15, 0.2) is 0 Å². The van der Waals surface area contributed by atoms with Gasteiger partial charge in [0.25, 0.3) is 0 Å². The van der Waals surface area contributed by atoms with Gasteiger partial charge in [-0.15, -0.1) is 0 Å². The molecule has 0 aliphatic heterocycles. The van der Waals surface area contributed by atoms with E-state index in [2.05, 4.69) is 24.3 Å². The Morgan fingerprint density at radius 1 is 0.136 bits per heavy atom. The molecule has 0 fully saturated rings. The van der Waals surface area contributed by atoms with Crippen molar-refractivity contribution in [2.45, 2.75) is 0 Å². The number of hydrogen-bond acceptors (Lipinski definition) is 3. The highest BCUT2D eigenvalue weighted by atomic mass is 16.3. The summed E-state index contributed by atoms with van der Waals surface area (Å²) in [7, 11) is 0. The summed E-state index contributed by atoms with van der Waals surface area (Å²) in [6.45, 7) is 0. The molecular weight excluding hydrogens is 1510 g/mol. The average Bonchev–Trinajstić information content (AvgIpc) is 1.43. The zero-order valence-electron chi connectivity index (χ0n) is 90.2. The van der Waals surface area contributed by atoms with Crippen molar-refractivity contribution in [3.8, 4) is 100 Å². The van der Waals surface area contributed by atoms with Crippen molar-refractivity contribution in [3.63, 3.8) is 0 Å². The molecule has 3 heterocycles. The zero-order valence-corrected chi connectivity index (χ0v) is 66.2. The summed E-state index contributed by atoms with van der Waals surface area (Å²) in [6, 6.07) is 91.2. The SMILES string of the molecule is [2H]c1c([2H])c([2H])c2c(-c3ccc4oc5ccccc5c4c3)c3c([2H])c([2H])c([2H])c([2H])c3c(-c3cc(-c4ccccc4)c4ccccc4c3)c2c1[2H].[2H]c1c([2H])c([2H])c2c(-c3ccc4oc5ccccc5c4c3)c3c([2H])c([2H])c([2H])c([2H])c3c(-c3ccc(-c4ccc(-c5ccccc5)cc4)cc3)c2c1[2H].[2H]c1c([2H])c([2H])c2c(-c3cccc4ccccc34)c3c([2H])c([2H])c([2H])c([2H])c3c(-c3ccc4oc5ccccc5c4c3)c2c1[2H]. The van der Waals surface area contributed by atoms with Crippen LogP contribution in [0.4, 0.5) is 0 Å². The van der Waals surface area contributed by atoms with Crippen molar-refractivity contribution in [1.82, 2.24) is 0 Å². The Labute approximate surface area is 755 Å². The molecular formula is C122H76O3. The van der Waals surface area contributed by atoms with Gasteiger partial charge in [0, 0.05) is 32.3 Å². The molecule has 0 N–H and O–H groups in total. The fraction of sp³-hybridized carbons (Fsp3) is 0. The molecule has 0 amide bonds. The van der Waals surface area contributed by atoms with Gasteiger partial charge in [-0.1, -0.05) is 394 Å². The molecule has 0 saturated heterocycles. The van der Waals surface area contributed by atoms with Crippen molar-refractivity contribution in [2.75, 3.05) is 0 Å². The van der Waals surface area contributed by atoms with Crippen molar-refractivity contribution < 1.29 is 46.1 Å². The van der Waals surface area contributed by atoms with E-state index in [1.54, 1.807) is 36.4 Å². The Morgan fingerprint density at radius 3 is 0.768 bits per heavy atom. The number of fused-ring (bicyclic) bond motifs is 17. The maximum Gasteiger partial charge on any atom is 0.135 e. The molecule has 0 spiro atoms. The Morgan fingerprint density at radius 2 is 0.392 bits per heavy atom. The monoisotopic (exact) mass is 1610 g/mol. The molecule has 23 aromatic carbocycles. The van der Waals surface area contributed by atoms with Gasteiger partial charge in [-0.3, -0.25) is 0 Å². The third kappa shape index (κ3) is 12.5. The Bertz CT molecular complexity index is 10100. The standard InChI is InChI=1S/C44H28O.C42H26O.C36H22O/c1-2-10-29(11-3-1)30-18-20-31(21-19-30)32-22-24-33(25-23-32)43-36-13-4-6-15-38(36)44(39-16-7-5-14-37(39)43)34-26-27-42-40(28-34)35-12-8-9-17-41(35)45-42;1-2-12-27(13-3-1)37-26-30(24-28-14-4-5-15-31(28)37)42-35-19-8-6-17-33(35)41(34-18-7-9-20-36(34)42)29-22-23-40-38(25-29)32-16-10-11-21-39(32)43-40;1-2-12-25-23(10-1)11-9-18-27(25)36-30-16-5-3-14-28(30)35(29-15-4-6-17-31(29)36)24-20-21-34-32(22-24)26-13-7-8-19-33(26)37-34/h1-28H;1-26H;1-22H/i4D,5D,6D,7D,13D,14D,15D,16D;6D,7D,8D,9D,17D,18D,19D,20D;3D,4D,5D,6D,14D,15D,16D,17D. The summed E-state index contributed by atoms with van der Waals surface area (Å²) >= 11 is 0. The van der Waals surface area contributed by atoms with Gasteiger partial charge in [0.05, 0.1) is 32.9 Å². The zero-order chi connectivity index (χ0) is 103. The molecule has 0 atom stereocenters. The first-order chi connectivity index (χ1) is 72.0. The van der Waals surface area contributed by atoms with Crippen LogP contribution in [0, 0.1) is 0 Å². The van der Waals surface area contributed by atoms with Crippen molar-refractivity contribution in [3.05, 3.63) is 460 Å². The molecule has 3 heteroatoms. The molecule has 3 aromatic heterocycles. The summed E-state index contributed by atoms with van der Waals surface area (Å²) in [5.41, 5.74) is 15.1. The van der Waals surface area contributed by atoms with Gasteiger partial charge in [0.1, 0.15) is 33.5 Å². The third-order valence-electron chi connectivity index (χ3n) is 23.9. The topological polar surface area (TPSA) is 39.4 Å². The molecule has 26 aromatic rings. The van der Waals surface area contributed by atoms with E-state index in [-0.39, 0.29) is 137 Å². The van der Waals surface area contributed by atoms with Crippen LogP contribution in [0.25, 0.3) is 252 Å². The van der Waals surface area contributed by atoms with E-state index < -0.39 is 72.5 Å². The number of para-hydroxylation sites is 3. The highest BCUT2D eigenvalue weighted by molar-refractivity contribution is 6.27. The van der Waals surface area contributed by atoms with Gasteiger partial charge >= 0.3 is 0 Å². The van der Waals surface area contributed by atoms with Crippen LogP contribution < -0.4 is 0 Å². The highest BCUT2D eigenvalue weighted by Crippen LogP contribution is 2.51. The number of hydrogen-bond donors (Lipinski definition) is 0. The fourth-order valence-corrected chi connectivity index (χ4v) is 18.3. The summed E-state index contributed by atoms with van der Waals surface area (Å²) in [6.07, 6.45) is 0. The second kappa shape index (κ2) is 30.4. The first kappa shape index (κ1) is 51.9. The molecule has 0 aliphatic rings. The van der Waals surface area contributed by atoms with E-state index in [1.165, 1.54) is 0 Å². The Balaban J connectivity index is 0.000000120. The summed E-state index contributed by atoms with van der Waals surface area (Å²) in [5.74, 6) is 0. The molecule has 3 nitrogen and oxygen atoms in total. The van der Waals surface area contributed by atoms with Crippen LogP contribution in [-0.4, -0.2) is 0 Å². The second-order valence-electron chi connectivity index (χ2n) is 30.8. The maximum absolute atomic E-state index is 9.37. The van der Waals surface area contributed by atoms with E-state index in [0.717, 1.165) is 87.2 Å². The van der Waals surface area contributed by atoms with Gasteiger partial charge in [-0.25, -0.2) is 0 Å². The molecule has 0 radical (unpaired) electrons. The van der Waals surface area contributed by atoms with Gasteiger partial charge in [0.2, 0.25) is 0 Å². The normalized spacial score (nSPS) is 14.4. The third-order valence-corrected chi connectivity index (χ3v) is 23.9. The lowest BCUT2D eigenvalue weighted by atomic mass is 9.84. The minimum Gasteiger partial charge on any atom is -0.456 e. The van der Waals surface area contributed by atoms with Crippen LogP contribution in [0.15, 0.2) is 474 Å². The predicted octanol–water partition coefficient (Wildman–Crippen LogP) is 35.0. The van der Waals surface area contributed by atoms with Crippen LogP contribution in [0.3, 0.4) is 0 Å². The smallest absolute Gasteiger partial charge is 0.135 e. The second-order valence-corrected chi connectivity index (χ2v) is 30.8. The molecule has 26 rings (SSSR count). The maximum atomic E-state index is 9.37. The number of benzene rings is 23. The van der Waals surface area contributed by atoms with Crippen LogP contribution in [0.1, 0.15) is 32.9 Å². The molecule has 582 valence electrons. The van der Waals surface area contributed by atoms with Gasteiger partial charge in [-0.05, 0) is 253 Å². The van der Waals surface area contributed by atoms with E-state index >= 15 is 0 Å². The first-order valence-corrected chi connectivity index (χ1v) is 40.9. The van der Waals surface area contributed by atoms with Crippen molar-refractivity contribution in [1.29, 1.82) is 0 Å². The minimum absolute atomic E-state index is 0.176. The van der Waals surface area contributed by atoms with E-state index in [1.807, 2.05) is 255 Å². The first-order valence-electron chi connectivity index (χ1n) is 52.9. The summed E-state index contributed by atoms with van der Waals surface area (Å²) in [4.78, 5) is 0. The lowest BCUT2D eigenvalue weighted by molar-refractivity contribution is 0.668. The van der Waals surface area contributed by atoms with Gasteiger partial charge < -0.3 is 13.3 Å². The summed E-state index contributed by atoms with van der Waals surface area (Å²) < 4.78 is 234. The summed E-state index contributed by atoms with van der Waals surface area (Å²) in [5, 5.41) is 10.6. The van der Waals surface area contributed by atoms with Crippen molar-refractivity contribution >= 4 is 152 Å². The lowest BCUT2D eigenvalue weighted by Gasteiger charge is -2.19. The number of rotatable bonds is 9. The molecule has 0 saturated carbocycles. The van der Waals surface area contributed by atoms with Gasteiger partial charge in [-0.2, -0.15) is 0 Å². The molecule has 0 aliphatic carbocycles. The lowest BCUT2D eigenvalue weighted by Crippen LogP contribution is -1.92. The van der Waals surface area contributed by atoms with Crippen LogP contribution in [0.5, 0.6) is 0 Å². The average molecular weight is 1610 g/mol. The molecule has 125 heavy (non-hydrogen) atoms. The Kier molecular flexibility index (Phi) is 12.6. The fourth-order valence-electron chi connectivity index (χ4n) is 18.3. The molecule has 0 bridgehead atoms. The predicted molar refractivity (Wildman–Crippen MR) is 530 cm³/mol. The largest absolute Gasteiger partial charge is 0.456 e. The van der Waals surface area contributed by atoms with E-state index in [4.69, 9.17) is 29.7 Å². The van der Waals surface area contributed by atoms with Crippen LogP contribution >= 0.6 is 0 Å². The minimum atomic E-state index is -0.432. The molecule has 0 unspecified atom stereocenters. The highest BCUT2D eigenvalue weighted by Gasteiger charge is 2.24. The van der Waals surface area contributed by atoms with Crippen LogP contribution in [0.2, 0.25) is 0 Å². The van der Waals surface area contributed by atoms with E-state index in [9.17, 15) is 16.4 Å². The van der Waals surface area contributed by atoms with Crippen molar-refractivity contribution in [2.24, 2.45) is 0 Å². The van der Waals surface area contributed by atoms with E-state index in [0.29, 0.717) is 100 Å². The number of furan rings is 3. The quantitative estimate of drug-likeness (QED) is 0.135. The van der Waals surface area contributed by atoms with Crippen LogP contribution in [-0.2, 0) is 0 Å².